The summed E-state index contributed by atoms with van der Waals surface area (Å²) >= 11 is 0. The third-order valence-corrected chi connectivity index (χ3v) is 2.48. The normalized spacial score (nSPS) is 15.0. The average molecular weight is 208 g/mol. The first-order valence-electron chi connectivity index (χ1n) is 5.00. The molecule has 0 radical (unpaired) electrons. The van der Waals surface area contributed by atoms with Crippen molar-refractivity contribution in [2.45, 2.75) is 19.3 Å². The number of amides is 1. The van der Waals surface area contributed by atoms with Gasteiger partial charge in [0.05, 0.1) is 5.69 Å². The van der Waals surface area contributed by atoms with Crippen molar-refractivity contribution in [2.24, 2.45) is 5.92 Å². The van der Waals surface area contributed by atoms with Gasteiger partial charge in [-0.2, -0.15) is 0 Å². The van der Waals surface area contributed by atoms with Crippen LogP contribution in [0.15, 0.2) is 18.2 Å². The Labute approximate surface area is 87.5 Å². The van der Waals surface area contributed by atoms with Crippen LogP contribution >= 0.6 is 0 Å². The molecule has 0 spiro atoms. The summed E-state index contributed by atoms with van der Waals surface area (Å²) < 4.78 is 13.3. The smallest absolute Gasteiger partial charge is 0.224 e. The van der Waals surface area contributed by atoms with Gasteiger partial charge in [-0.1, -0.05) is 6.07 Å². The molecule has 0 atom stereocenters. The van der Waals surface area contributed by atoms with Crippen LogP contribution in [-0.4, -0.2) is 5.91 Å². The summed E-state index contributed by atoms with van der Waals surface area (Å²) in [5.74, 6) is -0.161. The summed E-state index contributed by atoms with van der Waals surface area (Å²) in [5, 5.41) is 2.51. The van der Waals surface area contributed by atoms with Gasteiger partial charge >= 0.3 is 0 Å². The maximum Gasteiger partial charge on any atom is 0.224 e. The van der Waals surface area contributed by atoms with Crippen LogP contribution in [0.3, 0.4) is 0 Å². The van der Waals surface area contributed by atoms with E-state index in [0.717, 1.165) is 12.8 Å². The lowest BCUT2D eigenvalue weighted by atomic mass is 10.2. The van der Waals surface area contributed by atoms with Crippen molar-refractivity contribution in [3.63, 3.8) is 0 Å². The zero-order valence-electron chi connectivity index (χ0n) is 8.29. The Hall–Kier alpha value is -1.58. The third-order valence-electron chi connectivity index (χ3n) is 2.48. The van der Waals surface area contributed by atoms with Crippen LogP contribution in [0.1, 0.15) is 19.3 Å². The van der Waals surface area contributed by atoms with E-state index in [2.05, 4.69) is 5.32 Å². The minimum atomic E-state index is -0.487. The van der Waals surface area contributed by atoms with E-state index in [9.17, 15) is 9.18 Å². The first-order chi connectivity index (χ1) is 7.16. The molecule has 15 heavy (non-hydrogen) atoms. The molecule has 0 unspecified atom stereocenters. The lowest BCUT2D eigenvalue weighted by Gasteiger charge is -2.08. The largest absolute Gasteiger partial charge is 0.397 e. The minimum Gasteiger partial charge on any atom is -0.397 e. The quantitative estimate of drug-likeness (QED) is 0.748. The number of nitrogens with one attached hydrogen (secondary N) is 1. The Morgan fingerprint density at radius 2 is 2.27 bits per heavy atom. The fraction of sp³-hybridized carbons (Fsp3) is 0.364. The van der Waals surface area contributed by atoms with Crippen LogP contribution in [0.2, 0.25) is 0 Å². The maximum absolute atomic E-state index is 13.3. The van der Waals surface area contributed by atoms with E-state index in [4.69, 9.17) is 5.73 Å². The van der Waals surface area contributed by atoms with E-state index in [-0.39, 0.29) is 17.3 Å². The number of halogens is 1. The molecule has 1 aliphatic rings. The van der Waals surface area contributed by atoms with E-state index >= 15 is 0 Å². The molecule has 3 nitrogen and oxygen atoms in total. The van der Waals surface area contributed by atoms with Gasteiger partial charge in [-0.15, -0.1) is 0 Å². The molecule has 0 aliphatic heterocycles. The zero-order valence-corrected chi connectivity index (χ0v) is 8.29. The summed E-state index contributed by atoms with van der Waals surface area (Å²) in [6, 6.07) is 4.36. The van der Waals surface area contributed by atoms with Crippen LogP contribution in [0.5, 0.6) is 0 Å². The SMILES string of the molecule is Nc1cccc(F)c1NC(=O)CC1CC1. The predicted molar refractivity (Wildman–Crippen MR) is 56.8 cm³/mol. The van der Waals surface area contributed by atoms with E-state index in [0.29, 0.717) is 12.3 Å². The molecular weight excluding hydrogens is 195 g/mol. The van der Waals surface area contributed by atoms with Crippen molar-refractivity contribution in [3.8, 4) is 0 Å². The van der Waals surface area contributed by atoms with Crippen molar-refractivity contribution in [1.29, 1.82) is 0 Å². The second kappa shape index (κ2) is 3.88. The number of carbonyl (C=O) groups is 1. The zero-order chi connectivity index (χ0) is 10.8. The van der Waals surface area contributed by atoms with Gasteiger partial charge in [-0.25, -0.2) is 4.39 Å². The van der Waals surface area contributed by atoms with Crippen LogP contribution in [0.25, 0.3) is 0 Å². The second-order valence-corrected chi connectivity index (χ2v) is 3.90. The van der Waals surface area contributed by atoms with E-state index in [1.54, 1.807) is 6.07 Å². The predicted octanol–water partition coefficient (Wildman–Crippen LogP) is 2.15. The van der Waals surface area contributed by atoms with Crippen LogP contribution in [0, 0.1) is 11.7 Å². The number of anilines is 2. The first-order valence-corrected chi connectivity index (χ1v) is 5.00. The van der Waals surface area contributed by atoms with Gasteiger partial charge in [0.25, 0.3) is 0 Å². The minimum absolute atomic E-state index is 0.100. The van der Waals surface area contributed by atoms with Crippen molar-refractivity contribution >= 4 is 17.3 Å². The van der Waals surface area contributed by atoms with Crippen molar-refractivity contribution < 1.29 is 9.18 Å². The molecule has 0 heterocycles. The highest BCUT2D eigenvalue weighted by molar-refractivity contribution is 5.94. The van der Waals surface area contributed by atoms with Crippen molar-refractivity contribution in [2.75, 3.05) is 11.1 Å². The van der Waals surface area contributed by atoms with Crippen LogP contribution in [-0.2, 0) is 4.79 Å². The Morgan fingerprint density at radius 1 is 1.53 bits per heavy atom. The Morgan fingerprint density at radius 3 is 2.87 bits per heavy atom. The van der Waals surface area contributed by atoms with Crippen LogP contribution in [0.4, 0.5) is 15.8 Å². The highest BCUT2D eigenvalue weighted by atomic mass is 19.1. The van der Waals surface area contributed by atoms with Crippen molar-refractivity contribution in [1.82, 2.24) is 0 Å². The summed E-state index contributed by atoms with van der Waals surface area (Å²) in [5.41, 5.74) is 5.92. The number of nitrogen functional groups attached to an aromatic ring is 1. The lowest BCUT2D eigenvalue weighted by Crippen LogP contribution is -2.14. The number of hydrogen-bond acceptors (Lipinski definition) is 2. The molecule has 1 aromatic rings. The van der Waals surface area contributed by atoms with Crippen LogP contribution < -0.4 is 11.1 Å². The van der Waals surface area contributed by atoms with Gasteiger partial charge in [0.15, 0.2) is 0 Å². The molecule has 3 N–H and O–H groups in total. The molecule has 4 heteroatoms. The summed E-state index contributed by atoms with van der Waals surface area (Å²) in [6.45, 7) is 0. The molecule has 0 bridgehead atoms. The number of carbonyl (C=O) groups excluding carboxylic acids is 1. The number of para-hydroxylation sites is 1. The average Bonchev–Trinajstić information content (AvgIpc) is 2.95. The standard InChI is InChI=1S/C11H13FN2O/c12-8-2-1-3-9(13)11(8)14-10(15)6-7-4-5-7/h1-3,7H,4-6,13H2,(H,14,15). The molecule has 0 aromatic heterocycles. The molecule has 0 saturated heterocycles. The molecule has 1 saturated carbocycles. The van der Waals surface area contributed by atoms with Gasteiger partial charge < -0.3 is 11.1 Å². The highest BCUT2D eigenvalue weighted by Gasteiger charge is 2.24. The fourth-order valence-electron chi connectivity index (χ4n) is 1.45. The van der Waals surface area contributed by atoms with E-state index < -0.39 is 5.82 Å². The fourth-order valence-corrected chi connectivity index (χ4v) is 1.45. The maximum atomic E-state index is 13.3. The van der Waals surface area contributed by atoms with Gasteiger partial charge in [-0.05, 0) is 30.9 Å². The molecule has 2 rings (SSSR count). The number of nitrogens with two attached hydrogens (primary N) is 1. The highest BCUT2D eigenvalue weighted by Crippen LogP contribution is 2.33. The Bertz CT molecular complexity index is 368. The Balaban J connectivity index is 2.05. The topological polar surface area (TPSA) is 55.1 Å². The lowest BCUT2D eigenvalue weighted by molar-refractivity contribution is -0.116. The number of hydrogen-bond donors (Lipinski definition) is 2. The van der Waals surface area contributed by atoms with E-state index in [1.165, 1.54) is 12.1 Å². The molecule has 1 amide bonds. The summed E-state index contributed by atoms with van der Waals surface area (Å²) in [4.78, 5) is 11.4. The van der Waals surface area contributed by atoms with Gasteiger partial charge in [0.2, 0.25) is 5.91 Å². The summed E-state index contributed by atoms with van der Waals surface area (Å²) in [6.07, 6.45) is 2.66. The number of benzene rings is 1. The van der Waals surface area contributed by atoms with Gasteiger partial charge in [0.1, 0.15) is 11.5 Å². The van der Waals surface area contributed by atoms with Crippen molar-refractivity contribution in [3.05, 3.63) is 24.0 Å². The number of rotatable bonds is 3. The molecule has 1 aliphatic carbocycles. The summed E-state index contributed by atoms with van der Waals surface area (Å²) in [7, 11) is 0. The third kappa shape index (κ3) is 2.46. The molecular formula is C11H13FN2O. The van der Waals surface area contributed by atoms with Gasteiger partial charge in [0, 0.05) is 6.42 Å². The molecule has 80 valence electrons. The second-order valence-electron chi connectivity index (χ2n) is 3.90. The Kier molecular flexibility index (Phi) is 2.58. The monoisotopic (exact) mass is 208 g/mol. The van der Waals surface area contributed by atoms with E-state index in [1.807, 2.05) is 0 Å². The van der Waals surface area contributed by atoms with Gasteiger partial charge in [-0.3, -0.25) is 4.79 Å². The molecule has 1 aromatic carbocycles. The first kappa shape index (κ1) is 9.96. The molecule has 1 fully saturated rings.